The maximum absolute atomic E-state index is 15.4. The second-order valence-corrected chi connectivity index (χ2v) is 13.3. The number of anilines is 1. The van der Waals surface area contributed by atoms with Crippen LogP contribution in [0.4, 0.5) is 15.1 Å². The Hall–Kier alpha value is -3.07. The fraction of sp³-hybridized carbons (Fsp3) is 0.538. The van der Waals surface area contributed by atoms with E-state index in [1.807, 2.05) is 6.92 Å². The first-order valence-corrected chi connectivity index (χ1v) is 15.7. The minimum Gasteiger partial charge on any atom is -0.453 e. The maximum atomic E-state index is 15.4. The number of aromatic nitrogens is 4. The summed E-state index contributed by atoms with van der Waals surface area (Å²) < 4.78 is 46.2. The zero-order valence-electron chi connectivity index (χ0n) is 22.8. The van der Waals surface area contributed by atoms with Crippen LogP contribution in [0.15, 0.2) is 12.3 Å². The van der Waals surface area contributed by atoms with Gasteiger partial charge in [-0.25, -0.2) is 32.6 Å². The average Bonchev–Trinajstić information content (AvgIpc) is 3.67. The van der Waals surface area contributed by atoms with Crippen molar-refractivity contribution in [1.82, 2.24) is 29.1 Å². The van der Waals surface area contributed by atoms with Gasteiger partial charge < -0.3 is 25.0 Å². The molecule has 220 valence electrons. The molecule has 3 aliphatic heterocycles. The number of hydrogen-bond donors (Lipinski definition) is 3. The van der Waals surface area contributed by atoms with Gasteiger partial charge in [-0.2, -0.15) is 4.31 Å². The molecule has 0 spiro atoms. The second kappa shape index (κ2) is 10.3. The van der Waals surface area contributed by atoms with Crippen molar-refractivity contribution in [2.75, 3.05) is 31.8 Å². The first-order chi connectivity index (χ1) is 19.5. The zero-order valence-corrected chi connectivity index (χ0v) is 24.3. The van der Waals surface area contributed by atoms with E-state index in [0.717, 1.165) is 0 Å². The molecule has 1 aromatic carbocycles. The highest BCUT2D eigenvalue weighted by molar-refractivity contribution is 7.88. The number of methoxy groups -OCH3 is 1. The lowest BCUT2D eigenvalue weighted by molar-refractivity contribution is 0.0472. The quantitative estimate of drug-likeness (QED) is 0.397. The van der Waals surface area contributed by atoms with Crippen molar-refractivity contribution < 1.29 is 27.4 Å². The Labute approximate surface area is 241 Å². The lowest BCUT2D eigenvalue weighted by atomic mass is 9.96. The van der Waals surface area contributed by atoms with E-state index in [9.17, 15) is 18.3 Å². The molecule has 5 heterocycles. The van der Waals surface area contributed by atoms with Crippen LogP contribution in [0.2, 0.25) is 5.02 Å². The number of carbonyl (C=O) groups is 1. The van der Waals surface area contributed by atoms with Crippen LogP contribution >= 0.6 is 11.6 Å². The van der Waals surface area contributed by atoms with Crippen LogP contribution in [0, 0.1) is 12.7 Å². The summed E-state index contributed by atoms with van der Waals surface area (Å²) >= 11 is 6.50. The molecule has 3 fully saturated rings. The number of benzene rings is 1. The topological polar surface area (TPSA) is 154 Å². The van der Waals surface area contributed by atoms with Crippen molar-refractivity contribution in [1.29, 1.82) is 0 Å². The highest BCUT2D eigenvalue weighted by Gasteiger charge is 2.50. The van der Waals surface area contributed by atoms with Crippen LogP contribution in [0.3, 0.4) is 0 Å². The number of fused-ring (bicyclic) bond motifs is 3. The Bertz CT molecular complexity index is 1640. The molecule has 0 saturated carbocycles. The number of sulfonamides is 1. The summed E-state index contributed by atoms with van der Waals surface area (Å²) in [6.45, 7) is 2.77. The monoisotopic (exact) mass is 607 g/mol. The lowest BCUT2D eigenvalue weighted by Gasteiger charge is -2.41. The number of aliphatic hydroxyl groups is 1. The zero-order chi connectivity index (χ0) is 29.2. The van der Waals surface area contributed by atoms with E-state index in [-0.39, 0.29) is 28.4 Å². The van der Waals surface area contributed by atoms with Crippen LogP contribution < -0.4 is 5.32 Å². The number of nitrogens with one attached hydrogen (secondary N) is 2. The molecule has 5 atom stereocenters. The number of aryl methyl sites for hydroxylation is 1. The molecular weight excluding hydrogens is 577 g/mol. The lowest BCUT2D eigenvalue weighted by Crippen LogP contribution is -2.58. The van der Waals surface area contributed by atoms with Gasteiger partial charge in [0.1, 0.15) is 11.3 Å². The van der Waals surface area contributed by atoms with Crippen LogP contribution in [0.5, 0.6) is 0 Å². The van der Waals surface area contributed by atoms with E-state index in [1.54, 1.807) is 4.90 Å². The Balaban J connectivity index is 1.28. The molecule has 15 heteroatoms. The molecule has 0 radical (unpaired) electrons. The second-order valence-electron chi connectivity index (χ2n) is 11.0. The Kier molecular flexibility index (Phi) is 7.07. The number of aliphatic hydroxyl groups excluding tert-OH is 1. The number of piperidine rings is 1. The summed E-state index contributed by atoms with van der Waals surface area (Å²) in [5.74, 6) is 0.152. The molecule has 2 aromatic heterocycles. The van der Waals surface area contributed by atoms with Crippen molar-refractivity contribution in [3.05, 3.63) is 34.5 Å². The molecular formula is C26H31ClFN7O5S. The number of ether oxygens (including phenoxy) is 1. The SMILES string of the molecule is COC(=O)N1CC[C@@H](c2nc3c(F)cc(-c4nc(N[C@@H]5C[C@H]6CC[C@@H]([C@H]5O)N6S(C)(=O)=O)ncc4Cl)c(C)c3[nH]2)C1. The first-order valence-electron chi connectivity index (χ1n) is 13.4. The normalized spacial score (nSPS) is 26.6. The van der Waals surface area contributed by atoms with E-state index in [1.165, 1.54) is 29.9 Å². The van der Waals surface area contributed by atoms with E-state index < -0.39 is 40.1 Å². The molecule has 41 heavy (non-hydrogen) atoms. The molecule has 3 N–H and O–H groups in total. The molecule has 1 amide bonds. The number of aromatic amines is 1. The standard InChI is InChI=1S/C26H31ClFN7O5S/c1-12-15(9-17(28)22-20(12)31-24(32-22)13-6-7-34(11-13)26(37)40-2)21-16(27)10-29-25(33-21)30-18-8-14-4-5-19(23(18)36)35(14)41(3,38)39/h9-10,13-14,18-19,23,36H,4-8,11H2,1-3H3,(H,31,32)(H,29,30,33)/t13-,14-,18-,19+,23+/m1/s1. The number of carbonyl (C=O) groups excluding carboxylic acids is 1. The van der Waals surface area contributed by atoms with Gasteiger partial charge in [-0.15, -0.1) is 0 Å². The summed E-state index contributed by atoms with van der Waals surface area (Å²) in [7, 11) is -2.11. The van der Waals surface area contributed by atoms with Crippen molar-refractivity contribution in [2.45, 2.75) is 62.8 Å². The molecule has 3 saturated heterocycles. The molecule has 2 bridgehead atoms. The largest absolute Gasteiger partial charge is 0.453 e. The van der Waals surface area contributed by atoms with E-state index in [4.69, 9.17) is 16.3 Å². The number of nitrogens with zero attached hydrogens (tertiary/aromatic N) is 5. The molecule has 3 aliphatic rings. The van der Waals surface area contributed by atoms with Crippen LogP contribution in [-0.2, 0) is 14.8 Å². The summed E-state index contributed by atoms with van der Waals surface area (Å²) in [6.07, 6.45) is 3.55. The van der Waals surface area contributed by atoms with E-state index in [2.05, 4.69) is 25.3 Å². The van der Waals surface area contributed by atoms with E-state index >= 15 is 4.39 Å². The third-order valence-electron chi connectivity index (χ3n) is 8.52. The fourth-order valence-electron chi connectivity index (χ4n) is 6.58. The van der Waals surface area contributed by atoms with Crippen LogP contribution in [0.25, 0.3) is 22.3 Å². The third-order valence-corrected chi connectivity index (χ3v) is 10.1. The van der Waals surface area contributed by atoms with Crippen molar-refractivity contribution in [2.24, 2.45) is 0 Å². The number of H-pyrrole nitrogens is 1. The summed E-state index contributed by atoms with van der Waals surface area (Å²) in [5, 5.41) is 14.4. The molecule has 0 unspecified atom stereocenters. The van der Waals surface area contributed by atoms with Gasteiger partial charge in [-0.1, -0.05) is 11.6 Å². The minimum atomic E-state index is -3.45. The number of halogens is 2. The average molecular weight is 608 g/mol. The predicted molar refractivity (Wildman–Crippen MR) is 150 cm³/mol. The van der Waals surface area contributed by atoms with Gasteiger partial charge in [0.2, 0.25) is 16.0 Å². The van der Waals surface area contributed by atoms with Gasteiger partial charge in [0.15, 0.2) is 5.82 Å². The van der Waals surface area contributed by atoms with Gasteiger partial charge in [-0.3, -0.25) is 0 Å². The van der Waals surface area contributed by atoms with Gasteiger partial charge in [0, 0.05) is 30.6 Å². The number of likely N-dealkylation sites (tertiary alicyclic amines) is 1. The summed E-state index contributed by atoms with van der Waals surface area (Å²) in [5.41, 5.74) is 2.15. The van der Waals surface area contributed by atoms with Gasteiger partial charge in [-0.05, 0) is 44.2 Å². The van der Waals surface area contributed by atoms with Crippen molar-refractivity contribution in [3.63, 3.8) is 0 Å². The van der Waals surface area contributed by atoms with Crippen molar-refractivity contribution >= 4 is 44.7 Å². The summed E-state index contributed by atoms with van der Waals surface area (Å²) in [4.78, 5) is 30.1. The van der Waals surface area contributed by atoms with Gasteiger partial charge in [0.05, 0.1) is 54.0 Å². The van der Waals surface area contributed by atoms with Gasteiger partial charge in [0.25, 0.3) is 0 Å². The highest BCUT2D eigenvalue weighted by Crippen LogP contribution is 2.39. The third kappa shape index (κ3) is 4.90. The Morgan fingerprint density at radius 3 is 2.80 bits per heavy atom. The molecule has 6 rings (SSSR count). The Morgan fingerprint density at radius 1 is 1.29 bits per heavy atom. The predicted octanol–water partition coefficient (Wildman–Crippen LogP) is 3.01. The smallest absolute Gasteiger partial charge is 0.409 e. The minimum absolute atomic E-state index is 0.0852. The number of imidazole rings is 1. The molecule has 12 nitrogen and oxygen atoms in total. The van der Waals surface area contributed by atoms with Crippen molar-refractivity contribution in [3.8, 4) is 11.3 Å². The first kappa shape index (κ1) is 28.1. The number of rotatable bonds is 5. The van der Waals surface area contributed by atoms with Gasteiger partial charge >= 0.3 is 6.09 Å². The summed E-state index contributed by atoms with van der Waals surface area (Å²) in [6, 6.07) is 0.150. The Morgan fingerprint density at radius 2 is 2.07 bits per heavy atom. The molecule has 3 aromatic rings. The fourth-order valence-corrected chi connectivity index (χ4v) is 8.22. The number of amides is 1. The van der Waals surface area contributed by atoms with Crippen LogP contribution in [-0.4, -0.2) is 99.4 Å². The highest BCUT2D eigenvalue weighted by atomic mass is 35.5. The number of hydrogen-bond acceptors (Lipinski definition) is 9. The molecule has 0 aliphatic carbocycles. The maximum Gasteiger partial charge on any atom is 0.409 e. The van der Waals surface area contributed by atoms with Crippen LogP contribution in [0.1, 0.15) is 43.0 Å². The van der Waals surface area contributed by atoms with E-state index in [0.29, 0.717) is 66.9 Å².